The molecule has 0 spiro atoms. The molecule has 2 N–H and O–H groups in total. The van der Waals surface area contributed by atoms with Crippen molar-refractivity contribution in [3.63, 3.8) is 0 Å². The van der Waals surface area contributed by atoms with Crippen molar-refractivity contribution in [3.8, 4) is 0 Å². The zero-order chi connectivity index (χ0) is 21.5. The van der Waals surface area contributed by atoms with E-state index in [0.29, 0.717) is 25.1 Å². The second-order valence-corrected chi connectivity index (χ2v) is 7.24. The fourth-order valence-corrected chi connectivity index (χ4v) is 3.47. The Morgan fingerprint density at radius 1 is 0.806 bits per heavy atom. The molecule has 0 aliphatic carbocycles. The zero-order valence-electron chi connectivity index (χ0n) is 17.1. The maximum Gasteiger partial charge on any atom is 0.251 e. The minimum Gasteiger partial charge on any atom is -0.352 e. The van der Waals surface area contributed by atoms with Gasteiger partial charge in [-0.05, 0) is 29.8 Å². The number of para-hydroxylation sites is 2. The number of imidazole rings is 1. The van der Waals surface area contributed by atoms with Crippen molar-refractivity contribution in [2.24, 2.45) is 0 Å². The molecule has 3 aromatic carbocycles. The smallest absolute Gasteiger partial charge is 0.251 e. The molecule has 0 saturated carbocycles. The van der Waals surface area contributed by atoms with E-state index >= 15 is 0 Å². The highest BCUT2D eigenvalue weighted by molar-refractivity contribution is 5.94. The summed E-state index contributed by atoms with van der Waals surface area (Å²) in [5, 5.41) is 5.89. The summed E-state index contributed by atoms with van der Waals surface area (Å²) >= 11 is 0. The third kappa shape index (κ3) is 5.17. The van der Waals surface area contributed by atoms with Gasteiger partial charge in [-0.3, -0.25) is 9.59 Å². The summed E-state index contributed by atoms with van der Waals surface area (Å²) in [5.74, 6) is 0.565. The topological polar surface area (TPSA) is 76.0 Å². The molecule has 0 aliphatic heterocycles. The van der Waals surface area contributed by atoms with E-state index in [1.54, 1.807) is 12.1 Å². The Bertz CT molecular complexity index is 1170. The Hall–Kier alpha value is -3.93. The van der Waals surface area contributed by atoms with Gasteiger partial charge in [0.15, 0.2) is 0 Å². The minimum atomic E-state index is -0.121. The van der Waals surface area contributed by atoms with Gasteiger partial charge in [-0.2, -0.15) is 0 Å². The van der Waals surface area contributed by atoms with E-state index in [1.807, 2.05) is 77.4 Å². The zero-order valence-corrected chi connectivity index (χ0v) is 17.1. The number of amides is 2. The molecular weight excluding hydrogens is 388 g/mol. The van der Waals surface area contributed by atoms with Crippen LogP contribution in [0.1, 0.15) is 21.7 Å². The van der Waals surface area contributed by atoms with Gasteiger partial charge in [0, 0.05) is 25.1 Å². The molecule has 0 aliphatic rings. The molecule has 31 heavy (non-hydrogen) atoms. The Morgan fingerprint density at radius 3 is 2.26 bits per heavy atom. The van der Waals surface area contributed by atoms with Gasteiger partial charge >= 0.3 is 0 Å². The van der Waals surface area contributed by atoms with Crippen LogP contribution in [-0.4, -0.2) is 27.9 Å². The summed E-state index contributed by atoms with van der Waals surface area (Å²) in [4.78, 5) is 29.6. The molecule has 156 valence electrons. The average molecular weight is 412 g/mol. The Balaban J connectivity index is 1.43. The first-order chi connectivity index (χ1) is 15.2. The Kier molecular flexibility index (Phi) is 6.38. The van der Waals surface area contributed by atoms with Crippen LogP contribution in [0, 0.1) is 0 Å². The van der Waals surface area contributed by atoms with E-state index in [1.165, 1.54) is 0 Å². The maximum absolute atomic E-state index is 12.6. The number of nitrogens with zero attached hydrogens (tertiary/aromatic N) is 2. The van der Waals surface area contributed by atoms with Crippen molar-refractivity contribution in [1.82, 2.24) is 20.2 Å². The van der Waals surface area contributed by atoms with Crippen molar-refractivity contribution >= 4 is 22.8 Å². The first-order valence-electron chi connectivity index (χ1n) is 10.3. The highest BCUT2D eigenvalue weighted by Crippen LogP contribution is 2.16. The van der Waals surface area contributed by atoms with Crippen LogP contribution in [0.15, 0.2) is 84.9 Å². The average Bonchev–Trinajstić information content (AvgIpc) is 3.16. The largest absolute Gasteiger partial charge is 0.352 e. The van der Waals surface area contributed by atoms with Crippen LogP contribution in [-0.2, 0) is 24.3 Å². The van der Waals surface area contributed by atoms with Crippen molar-refractivity contribution in [2.45, 2.75) is 19.5 Å². The van der Waals surface area contributed by atoms with Crippen LogP contribution in [0.4, 0.5) is 0 Å². The van der Waals surface area contributed by atoms with Crippen LogP contribution < -0.4 is 10.6 Å². The van der Waals surface area contributed by atoms with E-state index < -0.39 is 0 Å². The first kappa shape index (κ1) is 20.3. The summed E-state index contributed by atoms with van der Waals surface area (Å²) < 4.78 is 1.92. The predicted molar refractivity (Wildman–Crippen MR) is 121 cm³/mol. The molecule has 0 radical (unpaired) electrons. The summed E-state index contributed by atoms with van der Waals surface area (Å²) in [6.07, 6.45) is 0.527. The van der Waals surface area contributed by atoms with Crippen LogP contribution >= 0.6 is 0 Å². The lowest BCUT2D eigenvalue weighted by molar-refractivity contribution is -0.121. The molecule has 4 aromatic rings. The van der Waals surface area contributed by atoms with E-state index in [2.05, 4.69) is 15.6 Å². The second-order valence-electron chi connectivity index (χ2n) is 7.24. The number of rotatable bonds is 8. The number of fused-ring (bicyclic) bond motifs is 1. The molecule has 0 saturated heterocycles. The molecule has 0 atom stereocenters. The molecule has 0 unspecified atom stereocenters. The molecule has 0 fully saturated rings. The fourth-order valence-electron chi connectivity index (χ4n) is 3.47. The van der Waals surface area contributed by atoms with Gasteiger partial charge in [-0.1, -0.05) is 60.7 Å². The number of benzene rings is 3. The summed E-state index contributed by atoms with van der Waals surface area (Å²) in [6, 6.07) is 26.7. The molecule has 1 heterocycles. The molecule has 1 aromatic heterocycles. The Labute approximate surface area is 180 Å². The first-order valence-corrected chi connectivity index (χ1v) is 10.3. The van der Waals surface area contributed by atoms with Crippen molar-refractivity contribution in [1.29, 1.82) is 0 Å². The van der Waals surface area contributed by atoms with E-state index in [4.69, 9.17) is 0 Å². The lowest BCUT2D eigenvalue weighted by atomic mass is 10.2. The van der Waals surface area contributed by atoms with Crippen molar-refractivity contribution in [3.05, 3.63) is 102 Å². The molecule has 6 heteroatoms. The number of hydrogen-bond acceptors (Lipinski definition) is 3. The van der Waals surface area contributed by atoms with Crippen molar-refractivity contribution < 1.29 is 9.59 Å². The van der Waals surface area contributed by atoms with E-state index in [9.17, 15) is 9.59 Å². The van der Waals surface area contributed by atoms with Gasteiger partial charge < -0.3 is 15.2 Å². The molecular formula is C25H24N4O2. The van der Waals surface area contributed by atoms with Gasteiger partial charge in [0.1, 0.15) is 12.4 Å². The van der Waals surface area contributed by atoms with Gasteiger partial charge in [-0.15, -0.1) is 0 Å². The standard InChI is InChI=1S/C25H24N4O2/c30-24(27-17-19-9-3-1-4-10-19)18-29-22-14-8-7-13-21(22)28-23(29)15-16-26-25(31)20-11-5-2-6-12-20/h1-14H,15-18H2,(H,26,31)(H,27,30). The monoisotopic (exact) mass is 412 g/mol. The van der Waals surface area contributed by atoms with Crippen molar-refractivity contribution in [2.75, 3.05) is 6.54 Å². The SMILES string of the molecule is O=C(Cn1c(CCNC(=O)c2ccccc2)nc2ccccc21)NCc1ccccc1. The lowest BCUT2D eigenvalue weighted by Gasteiger charge is -2.11. The third-order valence-corrected chi connectivity index (χ3v) is 5.04. The highest BCUT2D eigenvalue weighted by Gasteiger charge is 2.14. The van der Waals surface area contributed by atoms with Gasteiger partial charge in [-0.25, -0.2) is 4.98 Å². The van der Waals surface area contributed by atoms with Crippen LogP contribution in [0.3, 0.4) is 0 Å². The maximum atomic E-state index is 12.6. The van der Waals surface area contributed by atoms with Crippen LogP contribution in [0.5, 0.6) is 0 Å². The predicted octanol–water partition coefficient (Wildman–Crippen LogP) is 3.33. The van der Waals surface area contributed by atoms with Crippen LogP contribution in [0.2, 0.25) is 0 Å². The molecule has 4 rings (SSSR count). The number of aromatic nitrogens is 2. The number of carbonyl (C=O) groups excluding carboxylic acids is 2. The summed E-state index contributed by atoms with van der Waals surface area (Å²) in [5.41, 5.74) is 3.41. The normalized spacial score (nSPS) is 10.7. The highest BCUT2D eigenvalue weighted by atomic mass is 16.2. The molecule has 0 bridgehead atoms. The van der Waals surface area contributed by atoms with E-state index in [-0.39, 0.29) is 18.4 Å². The lowest BCUT2D eigenvalue weighted by Crippen LogP contribution is -2.29. The second kappa shape index (κ2) is 9.71. The van der Waals surface area contributed by atoms with Crippen LogP contribution in [0.25, 0.3) is 11.0 Å². The minimum absolute atomic E-state index is 0.0819. The summed E-state index contributed by atoms with van der Waals surface area (Å²) in [7, 11) is 0. The van der Waals surface area contributed by atoms with Gasteiger partial charge in [0.2, 0.25) is 5.91 Å². The molecule has 6 nitrogen and oxygen atoms in total. The number of hydrogen-bond donors (Lipinski definition) is 2. The van der Waals surface area contributed by atoms with Gasteiger partial charge in [0.25, 0.3) is 5.91 Å². The van der Waals surface area contributed by atoms with E-state index in [0.717, 1.165) is 22.4 Å². The fraction of sp³-hybridized carbons (Fsp3) is 0.160. The number of nitrogens with one attached hydrogen (secondary N) is 2. The third-order valence-electron chi connectivity index (χ3n) is 5.04. The van der Waals surface area contributed by atoms with Gasteiger partial charge in [0.05, 0.1) is 11.0 Å². The quantitative estimate of drug-likeness (QED) is 0.466. The number of carbonyl (C=O) groups is 2. The molecule has 2 amide bonds. The summed E-state index contributed by atoms with van der Waals surface area (Å²) in [6.45, 7) is 1.09. The Morgan fingerprint density at radius 2 is 1.48 bits per heavy atom.